The van der Waals surface area contributed by atoms with Crippen LogP contribution in [0, 0.1) is 11.8 Å². The van der Waals surface area contributed by atoms with Gasteiger partial charge in [0.2, 0.25) is 0 Å². The summed E-state index contributed by atoms with van der Waals surface area (Å²) >= 11 is 0. The monoisotopic (exact) mass is 278 g/mol. The van der Waals surface area contributed by atoms with Gasteiger partial charge >= 0.3 is 0 Å². The molecule has 0 amide bonds. The highest BCUT2D eigenvalue weighted by Gasteiger charge is 2.53. The number of rotatable bonds is 1. The van der Waals surface area contributed by atoms with Crippen LogP contribution in [0.4, 0.5) is 0 Å². The summed E-state index contributed by atoms with van der Waals surface area (Å²) in [5.41, 5.74) is 1.29. The molecule has 0 saturated heterocycles. The van der Waals surface area contributed by atoms with Crippen molar-refractivity contribution in [1.29, 1.82) is 0 Å². The molecule has 5 atom stereocenters. The molecule has 1 heterocycles. The smallest absolute Gasteiger partial charge is 0.190 e. The third kappa shape index (κ3) is 1.85. The number of aliphatic hydroxyl groups is 2. The molecule has 0 aromatic carbocycles. The fraction of sp³-hybridized carbons (Fsp3) is 0.688. The molecule has 2 aliphatic carbocycles. The average molecular weight is 278 g/mol. The fourth-order valence-corrected chi connectivity index (χ4v) is 4.08. The minimum atomic E-state index is -1.10. The van der Waals surface area contributed by atoms with Crippen LogP contribution in [0.1, 0.15) is 39.5 Å². The number of aliphatic hydroxyl groups excluding tert-OH is 2. The van der Waals surface area contributed by atoms with Crippen molar-refractivity contribution in [2.45, 2.75) is 57.3 Å². The van der Waals surface area contributed by atoms with E-state index in [1.54, 1.807) is 0 Å². The second-order valence-electron chi connectivity index (χ2n) is 6.69. The van der Waals surface area contributed by atoms with E-state index in [0.717, 1.165) is 18.4 Å². The first-order valence-electron chi connectivity index (χ1n) is 7.31. The lowest BCUT2D eigenvalue weighted by Crippen LogP contribution is -2.47. The highest BCUT2D eigenvalue weighted by Crippen LogP contribution is 2.53. The average Bonchev–Trinajstić information content (AvgIpc) is 2.71. The number of Topliss-reactive ketones (excluding diaryl/α,β-unsaturated/α-hetero) is 1. The molecule has 3 aliphatic rings. The molecule has 1 saturated carbocycles. The Morgan fingerprint density at radius 1 is 1.40 bits per heavy atom. The van der Waals surface area contributed by atoms with Gasteiger partial charge in [-0.3, -0.25) is 4.79 Å². The van der Waals surface area contributed by atoms with Crippen LogP contribution in [0.2, 0.25) is 0 Å². The van der Waals surface area contributed by atoms with E-state index in [2.05, 4.69) is 13.5 Å². The number of allylic oxidation sites excluding steroid dienone is 1. The van der Waals surface area contributed by atoms with Gasteiger partial charge in [0.25, 0.3) is 0 Å². The molecule has 0 bridgehead atoms. The normalized spacial score (nSPS) is 43.9. The Labute approximate surface area is 119 Å². The summed E-state index contributed by atoms with van der Waals surface area (Å²) in [5.74, 6) is 0.680. The highest BCUT2D eigenvalue weighted by atomic mass is 16.5. The lowest BCUT2D eigenvalue weighted by molar-refractivity contribution is -0.133. The van der Waals surface area contributed by atoms with Crippen molar-refractivity contribution in [3.63, 3.8) is 0 Å². The van der Waals surface area contributed by atoms with Crippen molar-refractivity contribution < 1.29 is 19.7 Å². The third-order valence-electron chi connectivity index (χ3n) is 5.27. The van der Waals surface area contributed by atoms with Gasteiger partial charge in [-0.2, -0.15) is 0 Å². The third-order valence-corrected chi connectivity index (χ3v) is 5.27. The Hall–Kier alpha value is -1.13. The van der Waals surface area contributed by atoms with E-state index < -0.39 is 12.2 Å². The number of hydrogen-bond donors (Lipinski definition) is 2. The predicted molar refractivity (Wildman–Crippen MR) is 73.8 cm³/mol. The maximum absolute atomic E-state index is 12.2. The maximum Gasteiger partial charge on any atom is 0.190 e. The molecule has 0 unspecified atom stereocenters. The lowest BCUT2D eigenvalue weighted by atomic mass is 9.74. The number of carbonyl (C=O) groups is 1. The van der Waals surface area contributed by atoms with E-state index in [4.69, 9.17) is 4.74 Å². The molecule has 3 rings (SSSR count). The molecular formula is C16H22O4. The van der Waals surface area contributed by atoms with Crippen molar-refractivity contribution in [1.82, 2.24) is 0 Å². The number of ether oxygens (including phenoxy) is 1. The van der Waals surface area contributed by atoms with Crippen LogP contribution in [0.5, 0.6) is 0 Å². The lowest BCUT2D eigenvalue weighted by Gasteiger charge is -2.44. The van der Waals surface area contributed by atoms with Crippen molar-refractivity contribution in [3.8, 4) is 0 Å². The number of ketones is 1. The van der Waals surface area contributed by atoms with E-state index >= 15 is 0 Å². The van der Waals surface area contributed by atoms with E-state index in [1.807, 2.05) is 6.92 Å². The van der Waals surface area contributed by atoms with E-state index in [9.17, 15) is 15.0 Å². The summed E-state index contributed by atoms with van der Waals surface area (Å²) in [7, 11) is 0. The zero-order chi connectivity index (χ0) is 14.7. The predicted octanol–water partition coefficient (Wildman–Crippen LogP) is 1.72. The summed E-state index contributed by atoms with van der Waals surface area (Å²) in [4.78, 5) is 12.2. The molecule has 0 spiro atoms. The van der Waals surface area contributed by atoms with Crippen LogP contribution in [0.25, 0.3) is 0 Å². The van der Waals surface area contributed by atoms with Gasteiger partial charge in [0.05, 0.1) is 0 Å². The van der Waals surface area contributed by atoms with Crippen LogP contribution in [-0.4, -0.2) is 33.8 Å². The first-order valence-corrected chi connectivity index (χ1v) is 7.31. The van der Waals surface area contributed by atoms with Gasteiger partial charge < -0.3 is 14.9 Å². The van der Waals surface area contributed by atoms with Gasteiger partial charge in [0, 0.05) is 17.9 Å². The van der Waals surface area contributed by atoms with E-state index in [-0.39, 0.29) is 23.7 Å². The minimum Gasteiger partial charge on any atom is -0.488 e. The molecule has 1 fully saturated rings. The van der Waals surface area contributed by atoms with Crippen LogP contribution < -0.4 is 0 Å². The Kier molecular flexibility index (Phi) is 3.07. The van der Waals surface area contributed by atoms with Gasteiger partial charge in [0.1, 0.15) is 23.6 Å². The summed E-state index contributed by atoms with van der Waals surface area (Å²) in [6.07, 6.45) is 0.582. The van der Waals surface area contributed by atoms with Crippen LogP contribution in [-0.2, 0) is 9.53 Å². The van der Waals surface area contributed by atoms with Crippen molar-refractivity contribution in [2.75, 3.05) is 0 Å². The van der Waals surface area contributed by atoms with Gasteiger partial charge in [-0.15, -0.1) is 0 Å². The Balaban J connectivity index is 1.99. The number of hydrogen-bond acceptors (Lipinski definition) is 4. The summed E-state index contributed by atoms with van der Waals surface area (Å²) in [5, 5.41) is 19.8. The standard InChI is InChI=1S/C16H22O4/c1-8(2)9-4-5-16(3)11(9)6-10-14(19)12(17)7-13(18)15(10)20-16/h9,11-13,17-18H,1,4-7H2,2-3H3/t9-,11+,12-,13-,16-/m1/s1. The van der Waals surface area contributed by atoms with Gasteiger partial charge in [-0.05, 0) is 39.0 Å². The quantitative estimate of drug-likeness (QED) is 0.717. The molecule has 0 aromatic rings. The molecular weight excluding hydrogens is 256 g/mol. The van der Waals surface area contributed by atoms with Crippen LogP contribution in [0.3, 0.4) is 0 Å². The van der Waals surface area contributed by atoms with E-state index in [1.165, 1.54) is 0 Å². The fourth-order valence-electron chi connectivity index (χ4n) is 4.08. The minimum absolute atomic E-state index is 0.0440. The molecule has 0 radical (unpaired) electrons. The summed E-state index contributed by atoms with van der Waals surface area (Å²) in [6.45, 7) is 8.14. The molecule has 20 heavy (non-hydrogen) atoms. The van der Waals surface area contributed by atoms with Gasteiger partial charge in [0.15, 0.2) is 5.78 Å². The first kappa shape index (κ1) is 13.8. The van der Waals surface area contributed by atoms with Gasteiger partial charge in [-0.1, -0.05) is 12.2 Å². The zero-order valence-corrected chi connectivity index (χ0v) is 12.1. The van der Waals surface area contributed by atoms with Crippen molar-refractivity contribution in [3.05, 3.63) is 23.5 Å². The van der Waals surface area contributed by atoms with Crippen LogP contribution in [0.15, 0.2) is 23.5 Å². The Morgan fingerprint density at radius 2 is 2.10 bits per heavy atom. The number of carbonyl (C=O) groups excluding carboxylic acids is 1. The molecule has 4 nitrogen and oxygen atoms in total. The number of fused-ring (bicyclic) bond motifs is 1. The molecule has 2 N–H and O–H groups in total. The molecule has 1 aliphatic heterocycles. The second kappa shape index (κ2) is 4.43. The van der Waals surface area contributed by atoms with Crippen LogP contribution >= 0.6 is 0 Å². The molecule has 0 aromatic heterocycles. The summed E-state index contributed by atoms with van der Waals surface area (Å²) in [6, 6.07) is 0. The molecule has 110 valence electrons. The Bertz CT molecular complexity index is 507. The maximum atomic E-state index is 12.2. The van der Waals surface area contributed by atoms with Crippen molar-refractivity contribution >= 4 is 5.78 Å². The highest BCUT2D eigenvalue weighted by molar-refractivity contribution is 6.00. The largest absolute Gasteiger partial charge is 0.488 e. The van der Waals surface area contributed by atoms with Gasteiger partial charge in [-0.25, -0.2) is 0 Å². The second-order valence-corrected chi connectivity index (χ2v) is 6.69. The molecule has 4 heteroatoms. The SMILES string of the molecule is C=C(C)[C@H]1CC[C@@]2(C)OC3=C(C[C@@H]12)C(=O)[C@H](O)C[C@H]3O. The van der Waals surface area contributed by atoms with E-state index in [0.29, 0.717) is 23.7 Å². The zero-order valence-electron chi connectivity index (χ0n) is 12.1. The first-order chi connectivity index (χ1) is 9.33. The Morgan fingerprint density at radius 3 is 2.75 bits per heavy atom. The van der Waals surface area contributed by atoms with Crippen molar-refractivity contribution in [2.24, 2.45) is 11.8 Å². The summed E-state index contributed by atoms with van der Waals surface area (Å²) < 4.78 is 6.07. The topological polar surface area (TPSA) is 66.8 Å².